The van der Waals surface area contributed by atoms with Crippen molar-refractivity contribution in [1.29, 1.82) is 0 Å². The number of amides is 1. The van der Waals surface area contributed by atoms with Gasteiger partial charge in [-0.2, -0.15) is 0 Å². The Kier molecular flexibility index (Phi) is 5.65. The molecule has 0 aliphatic carbocycles. The fraction of sp³-hybridized carbons (Fsp3) is 0.147. The first-order chi connectivity index (χ1) is 19.4. The van der Waals surface area contributed by atoms with Gasteiger partial charge < -0.3 is 10.2 Å². The summed E-state index contributed by atoms with van der Waals surface area (Å²) in [7, 11) is 0. The highest BCUT2D eigenvalue weighted by molar-refractivity contribution is 9.10. The molecule has 0 bridgehead atoms. The van der Waals surface area contributed by atoms with Crippen molar-refractivity contribution in [1.82, 2.24) is 0 Å². The number of Topliss-reactive ketones (excluding diaryl/α,β-unsaturated/α-hetero) is 2. The molecule has 196 valence electrons. The maximum absolute atomic E-state index is 14.8. The second-order valence-corrected chi connectivity index (χ2v) is 11.5. The van der Waals surface area contributed by atoms with Crippen LogP contribution in [0.25, 0.3) is 5.57 Å². The Hall–Kier alpha value is -4.29. The van der Waals surface area contributed by atoms with E-state index in [1.807, 2.05) is 90.7 Å². The van der Waals surface area contributed by atoms with E-state index in [1.54, 1.807) is 24.3 Å². The van der Waals surface area contributed by atoms with Gasteiger partial charge in [-0.25, -0.2) is 0 Å². The monoisotopic (exact) mass is 588 g/mol. The van der Waals surface area contributed by atoms with Gasteiger partial charge in [-0.3, -0.25) is 14.4 Å². The molecule has 4 aromatic rings. The van der Waals surface area contributed by atoms with Crippen LogP contribution in [0, 0.1) is 5.92 Å². The van der Waals surface area contributed by atoms with Crippen LogP contribution in [-0.2, 0) is 10.2 Å². The fourth-order valence-corrected chi connectivity index (χ4v) is 7.22. The maximum atomic E-state index is 14.8. The second kappa shape index (κ2) is 9.14. The van der Waals surface area contributed by atoms with Crippen LogP contribution in [0.4, 0.5) is 11.4 Å². The van der Waals surface area contributed by atoms with E-state index in [0.29, 0.717) is 16.8 Å². The van der Waals surface area contributed by atoms with Crippen molar-refractivity contribution in [2.24, 2.45) is 5.92 Å². The number of nitrogens with zero attached hydrogens (tertiary/aromatic N) is 1. The number of fused-ring (bicyclic) bond motifs is 6. The van der Waals surface area contributed by atoms with Gasteiger partial charge in [-0.1, -0.05) is 101 Å². The van der Waals surface area contributed by atoms with Crippen molar-refractivity contribution in [2.45, 2.75) is 24.4 Å². The number of anilines is 2. The minimum Gasteiger partial charge on any atom is -0.352 e. The Bertz CT molecular complexity index is 1730. The predicted molar refractivity (Wildman–Crippen MR) is 160 cm³/mol. The van der Waals surface area contributed by atoms with Crippen LogP contribution in [0.15, 0.2) is 114 Å². The highest BCUT2D eigenvalue weighted by Gasteiger charge is 2.70. The first-order valence-corrected chi connectivity index (χ1v) is 14.1. The molecule has 0 saturated carbocycles. The van der Waals surface area contributed by atoms with Crippen LogP contribution in [0.1, 0.15) is 38.8 Å². The Morgan fingerprint density at radius 1 is 0.800 bits per heavy atom. The molecule has 3 heterocycles. The maximum Gasteiger partial charge on any atom is 0.238 e. The first kappa shape index (κ1) is 24.7. The van der Waals surface area contributed by atoms with Crippen LogP contribution >= 0.6 is 15.9 Å². The molecular weight excluding hydrogens is 564 g/mol. The summed E-state index contributed by atoms with van der Waals surface area (Å²) in [5, 5.41) is 3.08. The topological polar surface area (TPSA) is 66.5 Å². The van der Waals surface area contributed by atoms with Crippen LogP contribution in [0.3, 0.4) is 0 Å². The van der Waals surface area contributed by atoms with Crippen LogP contribution in [0.5, 0.6) is 0 Å². The lowest BCUT2D eigenvalue weighted by molar-refractivity contribution is -0.121. The number of ketones is 2. The molecule has 6 heteroatoms. The summed E-state index contributed by atoms with van der Waals surface area (Å²) in [6.07, 6.45) is 2.07. The quantitative estimate of drug-likeness (QED) is 0.269. The van der Waals surface area contributed by atoms with Gasteiger partial charge in [0.05, 0.1) is 12.0 Å². The minimum absolute atomic E-state index is 0.183. The molecule has 1 N–H and O–H groups in total. The molecule has 0 unspecified atom stereocenters. The van der Waals surface area contributed by atoms with Gasteiger partial charge in [-0.05, 0) is 42.3 Å². The van der Waals surface area contributed by atoms with E-state index < -0.39 is 23.4 Å². The number of rotatable bonds is 4. The number of carbonyl (C=O) groups excluding carboxylic acids is 3. The zero-order chi connectivity index (χ0) is 27.6. The molecule has 3 aliphatic rings. The molecular formula is C34H25BrN2O3. The number of allylic oxidation sites excluding steroid dienone is 1. The zero-order valence-electron chi connectivity index (χ0n) is 21.7. The number of halogens is 1. The predicted octanol–water partition coefficient (Wildman–Crippen LogP) is 6.70. The standard InChI is InChI=1S/C34H25BrN2O3/c1-20-19-28-34(25-12-6-7-13-26(25)36-33(34)40)29(31(38)22-15-17-23(35)18-16-22)30(32(39)21-9-3-2-4-10-21)37(28)27-14-8-5-11-24(20)27/h2-19,28-30H,1H3,(H,36,40)/t28-,29+,30-,34-/m0/s1. The summed E-state index contributed by atoms with van der Waals surface area (Å²) in [6.45, 7) is 2.03. The number of nitrogens with one attached hydrogen (secondary N) is 1. The first-order valence-electron chi connectivity index (χ1n) is 13.3. The number of benzene rings is 4. The number of hydrogen-bond donors (Lipinski definition) is 1. The van der Waals surface area contributed by atoms with Crippen LogP contribution in [0.2, 0.25) is 0 Å². The number of para-hydroxylation sites is 2. The van der Waals surface area contributed by atoms with E-state index in [9.17, 15) is 14.4 Å². The Morgan fingerprint density at radius 2 is 1.45 bits per heavy atom. The van der Waals surface area contributed by atoms with Crippen molar-refractivity contribution in [2.75, 3.05) is 10.2 Å². The lowest BCUT2D eigenvalue weighted by Crippen LogP contribution is -2.51. The second-order valence-electron chi connectivity index (χ2n) is 10.6. The smallest absolute Gasteiger partial charge is 0.238 e. The van der Waals surface area contributed by atoms with Crippen molar-refractivity contribution < 1.29 is 14.4 Å². The molecule has 5 nitrogen and oxygen atoms in total. The zero-order valence-corrected chi connectivity index (χ0v) is 23.3. The Balaban J connectivity index is 1.56. The molecule has 40 heavy (non-hydrogen) atoms. The Morgan fingerprint density at radius 3 is 2.23 bits per heavy atom. The average molecular weight is 589 g/mol. The van der Waals surface area contributed by atoms with Gasteiger partial charge in [0.15, 0.2) is 11.6 Å². The molecule has 1 amide bonds. The normalized spacial score (nSPS) is 24.1. The molecule has 4 aromatic carbocycles. The fourth-order valence-electron chi connectivity index (χ4n) is 6.95. The Labute approximate surface area is 240 Å². The van der Waals surface area contributed by atoms with E-state index in [-0.39, 0.29) is 17.5 Å². The van der Waals surface area contributed by atoms with Crippen molar-refractivity contribution in [3.05, 3.63) is 136 Å². The lowest BCUT2D eigenvalue weighted by Gasteiger charge is -2.39. The number of carbonyl (C=O) groups is 3. The van der Waals surface area contributed by atoms with Gasteiger partial charge in [-0.15, -0.1) is 0 Å². The minimum atomic E-state index is -1.31. The van der Waals surface area contributed by atoms with Crippen LogP contribution < -0.4 is 10.2 Å². The summed E-state index contributed by atoms with van der Waals surface area (Å²) in [5.74, 6) is -1.65. The third kappa shape index (κ3) is 3.35. The average Bonchev–Trinajstić information content (AvgIpc) is 3.45. The lowest BCUT2D eigenvalue weighted by atomic mass is 9.64. The third-order valence-electron chi connectivity index (χ3n) is 8.62. The van der Waals surface area contributed by atoms with E-state index in [4.69, 9.17) is 0 Å². The van der Waals surface area contributed by atoms with E-state index in [0.717, 1.165) is 26.9 Å². The van der Waals surface area contributed by atoms with Gasteiger partial charge in [0.25, 0.3) is 0 Å². The molecule has 3 aliphatic heterocycles. The SMILES string of the molecule is CC1=C[C@@H]2N(c3ccccc31)[C@H](C(=O)c1ccccc1)[C@H](C(=O)c1ccc(Br)cc1)[C@@]21C(=O)Nc2ccccc21. The highest BCUT2D eigenvalue weighted by atomic mass is 79.9. The largest absolute Gasteiger partial charge is 0.352 e. The van der Waals surface area contributed by atoms with Crippen molar-refractivity contribution >= 4 is 50.4 Å². The van der Waals surface area contributed by atoms with Crippen molar-refractivity contribution in [3.8, 4) is 0 Å². The molecule has 1 spiro atoms. The molecule has 1 fully saturated rings. The van der Waals surface area contributed by atoms with Crippen molar-refractivity contribution in [3.63, 3.8) is 0 Å². The number of hydrogen-bond acceptors (Lipinski definition) is 4. The molecule has 0 radical (unpaired) electrons. The summed E-state index contributed by atoms with van der Waals surface area (Å²) in [4.78, 5) is 45.8. The summed E-state index contributed by atoms with van der Waals surface area (Å²) in [5.41, 5.74) is 3.93. The van der Waals surface area contributed by atoms with Gasteiger partial charge >= 0.3 is 0 Å². The molecule has 4 atom stereocenters. The van der Waals surface area contributed by atoms with Gasteiger partial charge in [0.2, 0.25) is 5.91 Å². The van der Waals surface area contributed by atoms with E-state index >= 15 is 0 Å². The summed E-state index contributed by atoms with van der Waals surface area (Å²) in [6, 6.07) is 30.3. The van der Waals surface area contributed by atoms with Crippen LogP contribution in [-0.4, -0.2) is 29.6 Å². The highest BCUT2D eigenvalue weighted by Crippen LogP contribution is 2.58. The van der Waals surface area contributed by atoms with Gasteiger partial charge in [0, 0.05) is 32.5 Å². The van der Waals surface area contributed by atoms with Gasteiger partial charge in [0.1, 0.15) is 11.5 Å². The van der Waals surface area contributed by atoms with E-state index in [1.165, 1.54) is 0 Å². The molecule has 7 rings (SSSR count). The third-order valence-corrected chi connectivity index (χ3v) is 9.15. The summed E-state index contributed by atoms with van der Waals surface area (Å²) >= 11 is 3.46. The summed E-state index contributed by atoms with van der Waals surface area (Å²) < 4.78 is 0.843. The van der Waals surface area contributed by atoms with E-state index in [2.05, 4.69) is 27.3 Å². The molecule has 0 aromatic heterocycles. The molecule has 1 saturated heterocycles.